The third kappa shape index (κ3) is 3.71. The highest BCUT2D eigenvalue weighted by Crippen LogP contribution is 2.26. The first kappa shape index (κ1) is 14.4. The van der Waals surface area contributed by atoms with E-state index in [0.29, 0.717) is 12.5 Å². The van der Waals surface area contributed by atoms with Crippen LogP contribution in [0.25, 0.3) is 0 Å². The summed E-state index contributed by atoms with van der Waals surface area (Å²) in [7, 11) is 0. The van der Waals surface area contributed by atoms with E-state index in [1.807, 2.05) is 25.1 Å². The SMILES string of the molecule is Cc1cc(F)ccc1COc1ccc(Br)cc1CCl. The number of rotatable bonds is 4. The number of alkyl halides is 1. The Balaban J connectivity index is 2.14. The third-order valence-electron chi connectivity index (χ3n) is 2.85. The van der Waals surface area contributed by atoms with E-state index >= 15 is 0 Å². The van der Waals surface area contributed by atoms with E-state index in [1.165, 1.54) is 12.1 Å². The van der Waals surface area contributed by atoms with E-state index in [2.05, 4.69) is 15.9 Å². The predicted octanol–water partition coefficient (Wildman–Crippen LogP) is 5.21. The van der Waals surface area contributed by atoms with Crippen LogP contribution in [0.4, 0.5) is 4.39 Å². The molecule has 0 aromatic heterocycles. The van der Waals surface area contributed by atoms with Crippen molar-refractivity contribution in [2.45, 2.75) is 19.4 Å². The van der Waals surface area contributed by atoms with E-state index in [0.717, 1.165) is 26.9 Å². The second kappa shape index (κ2) is 6.40. The van der Waals surface area contributed by atoms with Gasteiger partial charge in [0, 0.05) is 10.0 Å². The molecule has 1 nitrogen and oxygen atoms in total. The molecule has 0 saturated carbocycles. The maximum absolute atomic E-state index is 13.0. The van der Waals surface area contributed by atoms with Crippen molar-refractivity contribution in [3.05, 3.63) is 63.4 Å². The molecule has 100 valence electrons. The summed E-state index contributed by atoms with van der Waals surface area (Å²) in [6, 6.07) is 10.4. The lowest BCUT2D eigenvalue weighted by Gasteiger charge is -2.12. The van der Waals surface area contributed by atoms with E-state index in [9.17, 15) is 4.39 Å². The van der Waals surface area contributed by atoms with Crippen molar-refractivity contribution in [2.24, 2.45) is 0 Å². The van der Waals surface area contributed by atoms with Crippen LogP contribution in [0.3, 0.4) is 0 Å². The number of aryl methyl sites for hydroxylation is 1. The van der Waals surface area contributed by atoms with Gasteiger partial charge in [-0.05, 0) is 48.4 Å². The molecule has 2 aromatic rings. The highest BCUT2D eigenvalue weighted by atomic mass is 79.9. The van der Waals surface area contributed by atoms with Gasteiger partial charge in [-0.15, -0.1) is 11.6 Å². The monoisotopic (exact) mass is 342 g/mol. The van der Waals surface area contributed by atoms with Crippen LogP contribution >= 0.6 is 27.5 Å². The molecule has 19 heavy (non-hydrogen) atoms. The zero-order valence-corrected chi connectivity index (χ0v) is 12.8. The van der Waals surface area contributed by atoms with Crippen LogP contribution in [-0.4, -0.2) is 0 Å². The first-order valence-corrected chi connectivity index (χ1v) is 7.15. The highest BCUT2D eigenvalue weighted by Gasteiger charge is 2.06. The van der Waals surface area contributed by atoms with Crippen molar-refractivity contribution in [2.75, 3.05) is 0 Å². The summed E-state index contributed by atoms with van der Waals surface area (Å²) < 4.78 is 19.7. The fraction of sp³-hybridized carbons (Fsp3) is 0.200. The largest absolute Gasteiger partial charge is 0.489 e. The molecule has 0 aliphatic carbocycles. The van der Waals surface area contributed by atoms with Gasteiger partial charge in [-0.2, -0.15) is 0 Å². The van der Waals surface area contributed by atoms with Crippen molar-refractivity contribution < 1.29 is 9.13 Å². The number of benzene rings is 2. The second-order valence-corrected chi connectivity index (χ2v) is 5.43. The van der Waals surface area contributed by atoms with Gasteiger partial charge in [0.25, 0.3) is 0 Å². The lowest BCUT2D eigenvalue weighted by atomic mass is 10.1. The quantitative estimate of drug-likeness (QED) is 0.692. The summed E-state index contributed by atoms with van der Waals surface area (Å²) in [5, 5.41) is 0. The van der Waals surface area contributed by atoms with Crippen molar-refractivity contribution in [1.82, 2.24) is 0 Å². The number of ether oxygens (including phenoxy) is 1. The zero-order chi connectivity index (χ0) is 13.8. The number of halogens is 3. The molecular formula is C15H13BrClFO. The number of hydrogen-bond donors (Lipinski definition) is 0. The van der Waals surface area contributed by atoms with E-state index in [1.54, 1.807) is 6.07 Å². The maximum atomic E-state index is 13.0. The Labute approximate surface area is 125 Å². The van der Waals surface area contributed by atoms with Crippen LogP contribution in [0, 0.1) is 12.7 Å². The van der Waals surface area contributed by atoms with E-state index in [-0.39, 0.29) is 5.82 Å². The molecule has 0 saturated heterocycles. The molecule has 0 atom stereocenters. The summed E-state index contributed by atoms with van der Waals surface area (Å²) >= 11 is 9.28. The van der Waals surface area contributed by atoms with Gasteiger partial charge in [-0.3, -0.25) is 0 Å². The highest BCUT2D eigenvalue weighted by molar-refractivity contribution is 9.10. The van der Waals surface area contributed by atoms with Gasteiger partial charge in [0.2, 0.25) is 0 Å². The summed E-state index contributed by atoms with van der Waals surface area (Å²) in [6.45, 7) is 2.27. The fourth-order valence-electron chi connectivity index (χ4n) is 1.77. The Morgan fingerprint density at radius 2 is 1.95 bits per heavy atom. The van der Waals surface area contributed by atoms with Gasteiger partial charge in [0.05, 0.1) is 5.88 Å². The van der Waals surface area contributed by atoms with Crippen LogP contribution in [0.2, 0.25) is 0 Å². The zero-order valence-electron chi connectivity index (χ0n) is 10.4. The normalized spacial score (nSPS) is 10.5. The fourth-order valence-corrected chi connectivity index (χ4v) is 2.39. The first-order valence-electron chi connectivity index (χ1n) is 5.82. The minimum atomic E-state index is -0.230. The molecule has 0 bridgehead atoms. The second-order valence-electron chi connectivity index (χ2n) is 4.25. The van der Waals surface area contributed by atoms with Crippen molar-refractivity contribution >= 4 is 27.5 Å². The van der Waals surface area contributed by atoms with E-state index < -0.39 is 0 Å². The summed E-state index contributed by atoms with van der Waals surface area (Å²) in [5.74, 6) is 0.908. The molecule has 0 unspecified atom stereocenters. The third-order valence-corrected chi connectivity index (χ3v) is 3.64. The van der Waals surface area contributed by atoms with Crippen molar-refractivity contribution in [3.8, 4) is 5.75 Å². The predicted molar refractivity (Wildman–Crippen MR) is 79.2 cm³/mol. The summed E-state index contributed by atoms with van der Waals surface area (Å²) in [5.41, 5.74) is 2.77. The molecule has 2 rings (SSSR count). The Morgan fingerprint density at radius 3 is 2.63 bits per heavy atom. The van der Waals surface area contributed by atoms with Gasteiger partial charge in [-0.1, -0.05) is 22.0 Å². The van der Waals surface area contributed by atoms with Crippen LogP contribution in [0.1, 0.15) is 16.7 Å². The Bertz CT molecular complexity index is 586. The Hall–Kier alpha value is -1.06. The van der Waals surface area contributed by atoms with Crippen LogP contribution in [0.5, 0.6) is 5.75 Å². The Morgan fingerprint density at radius 1 is 1.16 bits per heavy atom. The van der Waals surface area contributed by atoms with E-state index in [4.69, 9.17) is 16.3 Å². The molecule has 0 aliphatic rings. The minimum absolute atomic E-state index is 0.230. The van der Waals surface area contributed by atoms with Crippen LogP contribution in [0.15, 0.2) is 40.9 Å². The lowest BCUT2D eigenvalue weighted by molar-refractivity contribution is 0.303. The van der Waals surface area contributed by atoms with Gasteiger partial charge in [-0.25, -0.2) is 4.39 Å². The molecule has 4 heteroatoms. The molecule has 0 amide bonds. The molecule has 0 fully saturated rings. The van der Waals surface area contributed by atoms with Crippen LogP contribution in [-0.2, 0) is 12.5 Å². The topological polar surface area (TPSA) is 9.23 Å². The standard InChI is InChI=1S/C15H13BrClFO/c1-10-6-14(18)4-2-11(10)9-19-15-5-3-13(16)7-12(15)8-17/h2-7H,8-9H2,1H3. The molecule has 2 aromatic carbocycles. The maximum Gasteiger partial charge on any atom is 0.124 e. The van der Waals surface area contributed by atoms with Gasteiger partial charge in [0.1, 0.15) is 18.2 Å². The summed E-state index contributed by atoms with van der Waals surface area (Å²) in [4.78, 5) is 0. The molecule has 0 radical (unpaired) electrons. The molecule has 0 N–H and O–H groups in total. The van der Waals surface area contributed by atoms with Crippen LogP contribution < -0.4 is 4.74 Å². The number of hydrogen-bond acceptors (Lipinski definition) is 1. The molecule has 0 aliphatic heterocycles. The Kier molecular flexibility index (Phi) is 4.83. The van der Waals surface area contributed by atoms with Gasteiger partial charge in [0.15, 0.2) is 0 Å². The van der Waals surface area contributed by atoms with Gasteiger partial charge >= 0.3 is 0 Å². The average Bonchev–Trinajstić information content (AvgIpc) is 2.39. The minimum Gasteiger partial charge on any atom is -0.489 e. The van der Waals surface area contributed by atoms with Crippen molar-refractivity contribution in [1.29, 1.82) is 0 Å². The smallest absolute Gasteiger partial charge is 0.124 e. The lowest BCUT2D eigenvalue weighted by Crippen LogP contribution is -2.00. The molecule has 0 spiro atoms. The average molecular weight is 344 g/mol. The van der Waals surface area contributed by atoms with Gasteiger partial charge < -0.3 is 4.74 Å². The first-order chi connectivity index (χ1) is 9.10. The molecular weight excluding hydrogens is 331 g/mol. The summed E-state index contributed by atoms with van der Waals surface area (Å²) in [6.07, 6.45) is 0. The van der Waals surface area contributed by atoms with Crippen molar-refractivity contribution in [3.63, 3.8) is 0 Å². The molecule has 0 heterocycles.